The summed E-state index contributed by atoms with van der Waals surface area (Å²) in [6.07, 6.45) is -2.39. The van der Waals surface area contributed by atoms with E-state index in [4.69, 9.17) is 5.73 Å². The van der Waals surface area contributed by atoms with E-state index in [2.05, 4.69) is 10.3 Å². The molecule has 1 aromatic rings. The summed E-state index contributed by atoms with van der Waals surface area (Å²) >= 11 is 0. The van der Waals surface area contributed by atoms with E-state index in [-0.39, 0.29) is 23.3 Å². The van der Waals surface area contributed by atoms with E-state index in [9.17, 15) is 13.2 Å². The largest absolute Gasteiger partial charge is 0.419 e. The molecule has 1 aromatic heterocycles. The van der Waals surface area contributed by atoms with E-state index in [1.165, 1.54) is 12.3 Å². The molecule has 0 radical (unpaired) electrons. The molecule has 18 heavy (non-hydrogen) atoms. The first-order valence-electron chi connectivity index (χ1n) is 5.77. The number of hydrogen-bond donors (Lipinski definition) is 2. The second-order valence-electron chi connectivity index (χ2n) is 5.26. The van der Waals surface area contributed by atoms with Gasteiger partial charge in [-0.05, 0) is 18.6 Å². The van der Waals surface area contributed by atoms with E-state index < -0.39 is 11.7 Å². The minimum atomic E-state index is -4.40. The zero-order valence-electron chi connectivity index (χ0n) is 10.3. The van der Waals surface area contributed by atoms with Crippen molar-refractivity contribution in [3.8, 4) is 0 Å². The zero-order valence-corrected chi connectivity index (χ0v) is 10.3. The molecule has 3 N–H and O–H groups in total. The lowest BCUT2D eigenvalue weighted by atomic mass is 9.63. The summed E-state index contributed by atoms with van der Waals surface area (Å²) in [6, 6.07) is 2.24. The second-order valence-corrected chi connectivity index (χ2v) is 5.26. The Kier molecular flexibility index (Phi) is 3.01. The molecule has 0 bridgehead atoms. The molecule has 1 saturated carbocycles. The summed E-state index contributed by atoms with van der Waals surface area (Å²) in [7, 11) is 0. The summed E-state index contributed by atoms with van der Waals surface area (Å²) in [5, 5.41) is 2.86. The van der Waals surface area contributed by atoms with Crippen LogP contribution in [-0.4, -0.2) is 17.1 Å². The van der Waals surface area contributed by atoms with Gasteiger partial charge in [-0.1, -0.05) is 13.8 Å². The van der Waals surface area contributed by atoms with Crippen LogP contribution in [-0.2, 0) is 6.18 Å². The van der Waals surface area contributed by atoms with E-state index in [1.807, 2.05) is 13.8 Å². The van der Waals surface area contributed by atoms with Gasteiger partial charge in [0, 0.05) is 23.7 Å². The average Bonchev–Trinajstić information content (AvgIpc) is 2.28. The Morgan fingerprint density at radius 1 is 1.44 bits per heavy atom. The van der Waals surface area contributed by atoms with Gasteiger partial charge in [0.2, 0.25) is 0 Å². The molecule has 0 aliphatic heterocycles. The number of hydrogen-bond acceptors (Lipinski definition) is 3. The topological polar surface area (TPSA) is 50.9 Å². The predicted molar refractivity (Wildman–Crippen MR) is 63.0 cm³/mol. The SMILES string of the molecule is CC1(C)C(N)CC1Nc1ncccc1C(F)(F)F. The minimum absolute atomic E-state index is 0.00745. The smallest absolute Gasteiger partial charge is 0.366 e. The molecule has 1 aliphatic rings. The molecule has 1 fully saturated rings. The van der Waals surface area contributed by atoms with E-state index in [1.54, 1.807) is 0 Å². The van der Waals surface area contributed by atoms with Gasteiger partial charge in [-0.2, -0.15) is 13.2 Å². The first-order chi connectivity index (χ1) is 8.23. The molecule has 2 unspecified atom stereocenters. The third-order valence-corrected chi connectivity index (χ3v) is 3.77. The van der Waals surface area contributed by atoms with Crippen molar-refractivity contribution in [2.24, 2.45) is 11.1 Å². The molecule has 0 spiro atoms. The highest BCUT2D eigenvalue weighted by atomic mass is 19.4. The molecule has 0 amide bonds. The Hall–Kier alpha value is -1.30. The second kappa shape index (κ2) is 4.12. The third kappa shape index (κ3) is 2.16. The van der Waals surface area contributed by atoms with Gasteiger partial charge in [-0.15, -0.1) is 0 Å². The maximum Gasteiger partial charge on any atom is 0.419 e. The van der Waals surface area contributed by atoms with Gasteiger partial charge in [-0.25, -0.2) is 4.98 Å². The lowest BCUT2D eigenvalue weighted by Crippen LogP contribution is -2.61. The van der Waals surface area contributed by atoms with Gasteiger partial charge in [0.15, 0.2) is 0 Å². The number of rotatable bonds is 2. The van der Waals surface area contributed by atoms with Gasteiger partial charge in [0.1, 0.15) is 5.82 Å². The molecule has 1 heterocycles. The van der Waals surface area contributed by atoms with Gasteiger partial charge < -0.3 is 11.1 Å². The summed E-state index contributed by atoms with van der Waals surface area (Å²) in [4.78, 5) is 3.79. The summed E-state index contributed by atoms with van der Waals surface area (Å²) < 4.78 is 38.4. The highest BCUT2D eigenvalue weighted by Gasteiger charge is 2.47. The predicted octanol–water partition coefficient (Wildman–Crippen LogP) is 2.64. The Bertz CT molecular complexity index is 442. The van der Waals surface area contributed by atoms with Crippen molar-refractivity contribution in [1.29, 1.82) is 0 Å². The molecule has 6 heteroatoms. The van der Waals surface area contributed by atoms with Crippen LogP contribution < -0.4 is 11.1 Å². The molecule has 1 aliphatic carbocycles. The van der Waals surface area contributed by atoms with Crippen molar-refractivity contribution in [3.05, 3.63) is 23.9 Å². The molecular formula is C12H16F3N3. The monoisotopic (exact) mass is 259 g/mol. The van der Waals surface area contributed by atoms with Gasteiger partial charge >= 0.3 is 6.18 Å². The fourth-order valence-electron chi connectivity index (χ4n) is 2.12. The van der Waals surface area contributed by atoms with Crippen molar-refractivity contribution in [3.63, 3.8) is 0 Å². The average molecular weight is 259 g/mol. The summed E-state index contributed by atoms with van der Waals surface area (Å²) in [6.45, 7) is 3.88. The van der Waals surface area contributed by atoms with Crippen molar-refractivity contribution in [2.45, 2.75) is 38.5 Å². The molecule has 0 aromatic carbocycles. The van der Waals surface area contributed by atoms with Gasteiger partial charge in [-0.3, -0.25) is 0 Å². The first-order valence-corrected chi connectivity index (χ1v) is 5.77. The lowest BCUT2D eigenvalue weighted by Gasteiger charge is -2.50. The maximum atomic E-state index is 12.8. The quantitative estimate of drug-likeness (QED) is 0.858. The van der Waals surface area contributed by atoms with E-state index in [0.29, 0.717) is 6.42 Å². The Morgan fingerprint density at radius 3 is 2.61 bits per heavy atom. The van der Waals surface area contributed by atoms with Crippen LogP contribution in [0.15, 0.2) is 18.3 Å². The number of anilines is 1. The first kappa shape index (κ1) is 13.1. The lowest BCUT2D eigenvalue weighted by molar-refractivity contribution is -0.137. The van der Waals surface area contributed by atoms with Crippen LogP contribution in [0.25, 0.3) is 0 Å². The van der Waals surface area contributed by atoms with Crippen LogP contribution in [0.4, 0.5) is 19.0 Å². The molecular weight excluding hydrogens is 243 g/mol. The Balaban J connectivity index is 2.21. The summed E-state index contributed by atoms with van der Waals surface area (Å²) in [5.74, 6) is -0.116. The van der Waals surface area contributed by atoms with Gasteiger partial charge in [0.05, 0.1) is 5.56 Å². The van der Waals surface area contributed by atoms with Crippen LogP contribution >= 0.6 is 0 Å². The molecule has 3 nitrogen and oxygen atoms in total. The normalized spacial score (nSPS) is 26.6. The Morgan fingerprint density at radius 2 is 2.11 bits per heavy atom. The van der Waals surface area contributed by atoms with Gasteiger partial charge in [0.25, 0.3) is 0 Å². The number of pyridine rings is 1. The van der Waals surface area contributed by atoms with Crippen molar-refractivity contribution in [2.75, 3.05) is 5.32 Å². The fourth-order valence-corrected chi connectivity index (χ4v) is 2.12. The number of halogens is 3. The zero-order chi connectivity index (χ0) is 13.6. The number of aromatic nitrogens is 1. The number of alkyl halides is 3. The molecule has 100 valence electrons. The Labute approximate surface area is 104 Å². The highest BCUT2D eigenvalue weighted by Crippen LogP contribution is 2.42. The fraction of sp³-hybridized carbons (Fsp3) is 0.583. The highest BCUT2D eigenvalue weighted by molar-refractivity contribution is 5.47. The number of nitrogens with one attached hydrogen (secondary N) is 1. The molecule has 2 rings (SSSR count). The molecule has 0 saturated heterocycles. The van der Waals surface area contributed by atoms with Crippen molar-refractivity contribution < 1.29 is 13.2 Å². The maximum absolute atomic E-state index is 12.8. The van der Waals surface area contributed by atoms with E-state index >= 15 is 0 Å². The van der Waals surface area contributed by atoms with Crippen LogP contribution in [0.3, 0.4) is 0 Å². The van der Waals surface area contributed by atoms with Crippen LogP contribution in [0.5, 0.6) is 0 Å². The third-order valence-electron chi connectivity index (χ3n) is 3.77. The van der Waals surface area contributed by atoms with Crippen molar-refractivity contribution >= 4 is 5.82 Å². The van der Waals surface area contributed by atoms with Crippen LogP contribution in [0.2, 0.25) is 0 Å². The minimum Gasteiger partial charge on any atom is -0.366 e. The standard InChI is InChI=1S/C12H16F3N3/c1-11(2)8(16)6-9(11)18-10-7(12(13,14)15)4-3-5-17-10/h3-5,8-9H,6,16H2,1-2H3,(H,17,18). The summed E-state index contributed by atoms with van der Waals surface area (Å²) in [5.41, 5.74) is 4.88. The number of nitrogens with zero attached hydrogens (tertiary/aromatic N) is 1. The van der Waals surface area contributed by atoms with Crippen LogP contribution in [0, 0.1) is 5.41 Å². The van der Waals surface area contributed by atoms with E-state index in [0.717, 1.165) is 6.07 Å². The number of nitrogens with two attached hydrogens (primary N) is 1. The molecule has 2 atom stereocenters. The van der Waals surface area contributed by atoms with Crippen molar-refractivity contribution in [1.82, 2.24) is 4.98 Å². The van der Waals surface area contributed by atoms with Crippen LogP contribution in [0.1, 0.15) is 25.8 Å².